The smallest absolute Gasteiger partial charge is 0.251 e. The normalized spacial score (nSPS) is 12.6. The standard InChI is InChI=1S/C23H24F2N2O3S/c1-12(11-28)13-4-6-15(7-5-13)27-22-16(21(26)29)10-19(31-22)20-17(24)8-14(9-18(20)25)23(2,3)30/h4-10,12,27-28,30H,11H2,1-3H3,(H2,26,29). The van der Waals surface area contributed by atoms with Crippen molar-refractivity contribution in [2.75, 3.05) is 11.9 Å². The van der Waals surface area contributed by atoms with Crippen molar-refractivity contribution in [3.8, 4) is 10.4 Å². The second kappa shape index (κ2) is 8.74. The van der Waals surface area contributed by atoms with E-state index < -0.39 is 23.1 Å². The minimum atomic E-state index is -1.40. The van der Waals surface area contributed by atoms with Crippen molar-refractivity contribution in [3.63, 3.8) is 0 Å². The first-order valence-electron chi connectivity index (χ1n) is 9.65. The van der Waals surface area contributed by atoms with Gasteiger partial charge in [0.1, 0.15) is 16.6 Å². The third-order valence-corrected chi connectivity index (χ3v) is 6.07. The van der Waals surface area contributed by atoms with Gasteiger partial charge in [-0.2, -0.15) is 0 Å². The number of rotatable bonds is 7. The Labute approximate surface area is 183 Å². The maximum absolute atomic E-state index is 14.7. The molecular weight excluding hydrogens is 422 g/mol. The molecule has 0 saturated carbocycles. The van der Waals surface area contributed by atoms with Gasteiger partial charge in [0.15, 0.2) is 0 Å². The summed E-state index contributed by atoms with van der Waals surface area (Å²) in [6, 6.07) is 10.8. The van der Waals surface area contributed by atoms with Crippen molar-refractivity contribution >= 4 is 27.9 Å². The van der Waals surface area contributed by atoms with Crippen molar-refractivity contribution in [3.05, 3.63) is 70.8 Å². The summed E-state index contributed by atoms with van der Waals surface area (Å²) in [5.41, 5.74) is 5.61. The number of aliphatic hydroxyl groups excluding tert-OH is 1. The van der Waals surface area contributed by atoms with Gasteiger partial charge in [0.05, 0.1) is 16.7 Å². The zero-order valence-corrected chi connectivity index (χ0v) is 18.2. The van der Waals surface area contributed by atoms with Gasteiger partial charge in [-0.05, 0) is 55.3 Å². The molecule has 164 valence electrons. The molecule has 2 aromatic carbocycles. The second-order valence-corrected chi connectivity index (χ2v) is 8.97. The lowest BCUT2D eigenvalue weighted by molar-refractivity contribution is 0.0778. The van der Waals surface area contributed by atoms with Crippen LogP contribution in [0.3, 0.4) is 0 Å². The van der Waals surface area contributed by atoms with Gasteiger partial charge in [0.2, 0.25) is 0 Å². The fraction of sp³-hybridized carbons (Fsp3) is 0.261. The highest BCUT2D eigenvalue weighted by Gasteiger charge is 2.24. The molecule has 1 atom stereocenters. The highest BCUT2D eigenvalue weighted by molar-refractivity contribution is 7.20. The van der Waals surface area contributed by atoms with Gasteiger partial charge in [-0.1, -0.05) is 19.1 Å². The Kier molecular flexibility index (Phi) is 6.45. The number of carbonyl (C=O) groups excluding carboxylic acids is 1. The van der Waals surface area contributed by atoms with Crippen LogP contribution in [0.1, 0.15) is 48.2 Å². The number of hydrogen-bond donors (Lipinski definition) is 4. The third kappa shape index (κ3) is 4.92. The number of nitrogens with one attached hydrogen (secondary N) is 1. The molecule has 0 spiro atoms. The number of benzene rings is 2. The lowest BCUT2D eigenvalue weighted by Gasteiger charge is -2.18. The number of thiophene rings is 1. The predicted octanol–water partition coefficient (Wildman–Crippen LogP) is 4.86. The molecule has 0 aliphatic heterocycles. The lowest BCUT2D eigenvalue weighted by atomic mass is 9.96. The minimum Gasteiger partial charge on any atom is -0.396 e. The molecule has 0 aliphatic rings. The van der Waals surface area contributed by atoms with E-state index in [9.17, 15) is 23.8 Å². The molecule has 0 saturated heterocycles. The number of nitrogens with two attached hydrogens (primary N) is 1. The molecule has 5 N–H and O–H groups in total. The maximum Gasteiger partial charge on any atom is 0.251 e. The first kappa shape index (κ1) is 22.9. The summed E-state index contributed by atoms with van der Waals surface area (Å²) in [5.74, 6) is -2.43. The van der Waals surface area contributed by atoms with E-state index in [1.54, 1.807) is 12.1 Å². The molecule has 8 heteroatoms. The van der Waals surface area contributed by atoms with Crippen LogP contribution in [0, 0.1) is 11.6 Å². The van der Waals surface area contributed by atoms with E-state index in [-0.39, 0.29) is 34.1 Å². The molecule has 0 bridgehead atoms. The number of anilines is 2. The maximum atomic E-state index is 14.7. The topological polar surface area (TPSA) is 95.6 Å². The second-order valence-electron chi connectivity index (χ2n) is 7.92. The van der Waals surface area contributed by atoms with Crippen molar-refractivity contribution in [2.45, 2.75) is 32.3 Å². The molecule has 3 aromatic rings. The molecule has 1 amide bonds. The van der Waals surface area contributed by atoms with E-state index in [0.29, 0.717) is 10.7 Å². The number of halogens is 2. The Bertz CT molecular complexity index is 1080. The number of hydrogen-bond acceptors (Lipinski definition) is 5. The molecular formula is C23H24F2N2O3S. The fourth-order valence-corrected chi connectivity index (χ4v) is 4.22. The van der Waals surface area contributed by atoms with Crippen LogP contribution in [0.5, 0.6) is 0 Å². The molecule has 5 nitrogen and oxygen atoms in total. The van der Waals surface area contributed by atoms with Crippen LogP contribution in [-0.4, -0.2) is 22.7 Å². The number of carbonyl (C=O) groups is 1. The molecule has 1 unspecified atom stereocenters. The molecule has 0 aliphatic carbocycles. The Hall–Kier alpha value is -2.81. The van der Waals surface area contributed by atoms with E-state index in [2.05, 4.69) is 5.32 Å². The Morgan fingerprint density at radius 2 is 1.74 bits per heavy atom. The number of amides is 1. The van der Waals surface area contributed by atoms with Crippen LogP contribution < -0.4 is 11.1 Å². The van der Waals surface area contributed by atoms with Gasteiger partial charge in [0.25, 0.3) is 5.91 Å². The highest BCUT2D eigenvalue weighted by Crippen LogP contribution is 2.40. The van der Waals surface area contributed by atoms with E-state index in [1.807, 2.05) is 19.1 Å². The minimum absolute atomic E-state index is 0.0126. The fourth-order valence-electron chi connectivity index (χ4n) is 3.08. The van der Waals surface area contributed by atoms with Crippen LogP contribution in [0.25, 0.3) is 10.4 Å². The van der Waals surface area contributed by atoms with E-state index in [4.69, 9.17) is 5.73 Å². The zero-order chi connectivity index (χ0) is 22.9. The summed E-state index contributed by atoms with van der Waals surface area (Å²) in [7, 11) is 0. The summed E-state index contributed by atoms with van der Waals surface area (Å²) in [6.07, 6.45) is 0. The van der Waals surface area contributed by atoms with E-state index in [1.165, 1.54) is 19.9 Å². The molecule has 3 rings (SSSR count). The summed E-state index contributed by atoms with van der Waals surface area (Å²) in [6.45, 7) is 4.79. The summed E-state index contributed by atoms with van der Waals surface area (Å²) < 4.78 is 29.5. The van der Waals surface area contributed by atoms with Gasteiger partial charge < -0.3 is 21.3 Å². The summed E-state index contributed by atoms with van der Waals surface area (Å²) in [5, 5.41) is 22.7. The molecule has 1 aromatic heterocycles. The SMILES string of the molecule is CC(CO)c1ccc(Nc2sc(-c3c(F)cc(C(C)(C)O)cc3F)cc2C(N)=O)cc1. The molecule has 31 heavy (non-hydrogen) atoms. The first-order valence-corrected chi connectivity index (χ1v) is 10.5. The van der Waals surface area contributed by atoms with Gasteiger partial charge >= 0.3 is 0 Å². The van der Waals surface area contributed by atoms with Crippen LogP contribution in [0.4, 0.5) is 19.5 Å². The predicted molar refractivity (Wildman–Crippen MR) is 119 cm³/mol. The molecule has 0 fully saturated rings. The number of primary amides is 1. The summed E-state index contributed by atoms with van der Waals surface area (Å²) in [4.78, 5) is 12.1. The molecule has 0 radical (unpaired) electrons. The monoisotopic (exact) mass is 446 g/mol. The quantitative estimate of drug-likeness (QED) is 0.417. The van der Waals surface area contributed by atoms with Crippen LogP contribution >= 0.6 is 11.3 Å². The highest BCUT2D eigenvalue weighted by atomic mass is 32.1. The Morgan fingerprint density at radius 1 is 1.16 bits per heavy atom. The van der Waals surface area contributed by atoms with Crippen molar-refractivity contribution < 1.29 is 23.8 Å². The average Bonchev–Trinajstić information content (AvgIpc) is 3.10. The van der Waals surface area contributed by atoms with Gasteiger partial charge in [0, 0.05) is 23.1 Å². The van der Waals surface area contributed by atoms with Crippen molar-refractivity contribution in [1.29, 1.82) is 0 Å². The summed E-state index contributed by atoms with van der Waals surface area (Å²) >= 11 is 0.998. The van der Waals surface area contributed by atoms with Crippen molar-refractivity contribution in [1.82, 2.24) is 0 Å². The van der Waals surface area contributed by atoms with Crippen LogP contribution in [-0.2, 0) is 5.60 Å². The molecule has 1 heterocycles. The van der Waals surface area contributed by atoms with Gasteiger partial charge in [-0.15, -0.1) is 11.3 Å². The van der Waals surface area contributed by atoms with Crippen LogP contribution in [0.15, 0.2) is 42.5 Å². The van der Waals surface area contributed by atoms with Crippen LogP contribution in [0.2, 0.25) is 0 Å². The first-order chi connectivity index (χ1) is 14.5. The zero-order valence-electron chi connectivity index (χ0n) is 17.4. The van der Waals surface area contributed by atoms with E-state index in [0.717, 1.165) is 29.0 Å². The van der Waals surface area contributed by atoms with Gasteiger partial charge in [-0.25, -0.2) is 8.78 Å². The third-order valence-electron chi connectivity index (χ3n) is 5.00. The Morgan fingerprint density at radius 3 is 2.23 bits per heavy atom. The lowest BCUT2D eigenvalue weighted by Crippen LogP contribution is -2.16. The average molecular weight is 447 g/mol. The number of aliphatic hydroxyl groups is 2. The Balaban J connectivity index is 1.99. The van der Waals surface area contributed by atoms with Crippen molar-refractivity contribution in [2.24, 2.45) is 5.73 Å². The largest absolute Gasteiger partial charge is 0.396 e. The van der Waals surface area contributed by atoms with E-state index >= 15 is 0 Å². The van der Waals surface area contributed by atoms with Gasteiger partial charge in [-0.3, -0.25) is 4.79 Å².